The number of rotatable bonds is 7. The lowest BCUT2D eigenvalue weighted by Gasteiger charge is -2.30. The van der Waals surface area contributed by atoms with Crippen molar-refractivity contribution in [2.75, 3.05) is 25.5 Å². The highest BCUT2D eigenvalue weighted by molar-refractivity contribution is 7.89. The van der Waals surface area contributed by atoms with Crippen LogP contribution in [0.5, 0.6) is 0 Å². The van der Waals surface area contributed by atoms with Gasteiger partial charge in [-0.05, 0) is 48.3 Å². The summed E-state index contributed by atoms with van der Waals surface area (Å²) in [5.74, 6) is -0.778. The van der Waals surface area contributed by atoms with Crippen LogP contribution in [0.3, 0.4) is 0 Å². The van der Waals surface area contributed by atoms with E-state index >= 15 is 0 Å². The van der Waals surface area contributed by atoms with Crippen LogP contribution < -0.4 is 5.32 Å². The van der Waals surface area contributed by atoms with Gasteiger partial charge in [-0.3, -0.25) is 4.79 Å². The van der Waals surface area contributed by atoms with Crippen LogP contribution in [-0.4, -0.2) is 44.8 Å². The molecule has 0 saturated carbocycles. The van der Waals surface area contributed by atoms with E-state index in [2.05, 4.69) is 5.32 Å². The van der Waals surface area contributed by atoms with Crippen molar-refractivity contribution in [3.05, 3.63) is 46.3 Å². The van der Waals surface area contributed by atoms with Crippen LogP contribution in [0.15, 0.2) is 34.5 Å². The molecule has 1 N–H and O–H groups in total. The Morgan fingerprint density at radius 1 is 1.27 bits per heavy atom. The lowest BCUT2D eigenvalue weighted by Crippen LogP contribution is -2.41. The number of nitrogens with one attached hydrogen (secondary N) is 1. The van der Waals surface area contributed by atoms with E-state index in [9.17, 15) is 23.3 Å². The molecule has 2 aromatic rings. The van der Waals surface area contributed by atoms with E-state index in [-0.39, 0.29) is 35.4 Å². The molecule has 0 unspecified atom stereocenters. The summed E-state index contributed by atoms with van der Waals surface area (Å²) in [6.07, 6.45) is 1.38. The summed E-state index contributed by atoms with van der Waals surface area (Å²) in [4.78, 5) is 25.2. The Morgan fingerprint density at radius 3 is 2.55 bits per heavy atom. The Labute approximate surface area is 198 Å². The molecule has 0 bridgehead atoms. The van der Waals surface area contributed by atoms with Gasteiger partial charge in [-0.1, -0.05) is 26.0 Å². The summed E-state index contributed by atoms with van der Waals surface area (Å²) in [5.41, 5.74) is 1.33. The molecule has 1 aliphatic rings. The van der Waals surface area contributed by atoms with E-state index in [1.165, 1.54) is 34.9 Å². The molecule has 2 heterocycles. The van der Waals surface area contributed by atoms with Crippen LogP contribution in [0.4, 0.5) is 5.00 Å². The summed E-state index contributed by atoms with van der Waals surface area (Å²) in [6.45, 7) is 4.45. The number of nitriles is 1. The van der Waals surface area contributed by atoms with Crippen molar-refractivity contribution < 1.29 is 22.7 Å². The molecule has 1 aromatic heterocycles. The first kappa shape index (κ1) is 24.9. The van der Waals surface area contributed by atoms with Gasteiger partial charge in [0.1, 0.15) is 11.1 Å². The molecule has 33 heavy (non-hydrogen) atoms. The minimum Gasteiger partial charge on any atom is -0.465 e. The maximum atomic E-state index is 13.0. The Kier molecular flexibility index (Phi) is 7.89. The normalized spacial score (nSPS) is 15.2. The first-order valence-electron chi connectivity index (χ1n) is 10.7. The number of esters is 1. The van der Waals surface area contributed by atoms with E-state index in [0.717, 1.165) is 5.56 Å². The molecule has 3 rings (SSSR count). The molecule has 1 saturated heterocycles. The fourth-order valence-corrected chi connectivity index (χ4v) is 6.47. The average Bonchev–Trinajstić information content (AvgIpc) is 3.19. The number of nitrogens with zero attached hydrogens (tertiary/aromatic N) is 2. The second kappa shape index (κ2) is 10.5. The number of piperidine rings is 1. The average molecular weight is 490 g/mol. The van der Waals surface area contributed by atoms with Crippen molar-refractivity contribution in [3.8, 4) is 6.07 Å². The third-order valence-corrected chi connectivity index (χ3v) is 8.47. The lowest BCUT2D eigenvalue weighted by molar-refractivity contribution is -0.120. The molecule has 1 amide bonds. The molecule has 0 radical (unpaired) electrons. The third kappa shape index (κ3) is 5.43. The molecule has 8 nitrogen and oxygen atoms in total. The van der Waals surface area contributed by atoms with Gasteiger partial charge in [-0.25, -0.2) is 13.2 Å². The molecule has 1 aliphatic heterocycles. The van der Waals surface area contributed by atoms with Gasteiger partial charge in [-0.15, -0.1) is 11.3 Å². The van der Waals surface area contributed by atoms with Crippen LogP contribution in [-0.2, 0) is 26.0 Å². The summed E-state index contributed by atoms with van der Waals surface area (Å²) in [5, 5.41) is 14.4. The van der Waals surface area contributed by atoms with Gasteiger partial charge in [0.25, 0.3) is 0 Å². The number of hydrogen-bond donors (Lipinski definition) is 1. The smallest absolute Gasteiger partial charge is 0.341 e. The predicted molar refractivity (Wildman–Crippen MR) is 125 cm³/mol. The number of amides is 1. The lowest BCUT2D eigenvalue weighted by atomic mass is 9.97. The maximum absolute atomic E-state index is 13.0. The molecule has 10 heteroatoms. The Balaban J connectivity index is 1.70. The first-order chi connectivity index (χ1) is 15.7. The van der Waals surface area contributed by atoms with Crippen LogP contribution in [0.2, 0.25) is 0 Å². The number of methoxy groups -OCH3 is 1. The van der Waals surface area contributed by atoms with Crippen molar-refractivity contribution >= 4 is 38.2 Å². The van der Waals surface area contributed by atoms with Crippen LogP contribution >= 0.6 is 11.3 Å². The quantitative estimate of drug-likeness (QED) is 0.594. The number of carbonyl (C=O) groups excluding carboxylic acids is 2. The van der Waals surface area contributed by atoms with Crippen molar-refractivity contribution in [3.63, 3.8) is 0 Å². The number of hydrogen-bond acceptors (Lipinski definition) is 7. The zero-order valence-corrected chi connectivity index (χ0v) is 20.5. The molecule has 0 atom stereocenters. The summed E-state index contributed by atoms with van der Waals surface area (Å²) in [7, 11) is -2.51. The van der Waals surface area contributed by atoms with Gasteiger partial charge in [-0.2, -0.15) is 9.57 Å². The standard InChI is InChI=1S/C23H27N3O5S2/c1-15(2)12-18-14-32-22(20(18)23(28)31-3)25-21(27)16-8-10-26(11-9-16)33(29,30)19-7-5-4-6-17(19)13-24/h4-7,14-16H,8-12H2,1-3H3,(H,25,27). The molecule has 1 fully saturated rings. The Hall–Kier alpha value is -2.74. The van der Waals surface area contributed by atoms with E-state index in [1.807, 2.05) is 25.3 Å². The van der Waals surface area contributed by atoms with Crippen molar-refractivity contribution in [2.24, 2.45) is 11.8 Å². The van der Waals surface area contributed by atoms with Gasteiger partial charge in [0, 0.05) is 19.0 Å². The van der Waals surface area contributed by atoms with Crippen LogP contribution in [0, 0.1) is 23.2 Å². The number of benzene rings is 1. The molecule has 0 spiro atoms. The minimum atomic E-state index is -3.82. The monoisotopic (exact) mass is 489 g/mol. The number of anilines is 1. The zero-order chi connectivity index (χ0) is 24.2. The fourth-order valence-electron chi connectivity index (χ4n) is 3.90. The Bertz CT molecular complexity index is 1170. The van der Waals surface area contributed by atoms with E-state index in [1.54, 1.807) is 12.1 Å². The second-order valence-electron chi connectivity index (χ2n) is 8.33. The maximum Gasteiger partial charge on any atom is 0.341 e. The first-order valence-corrected chi connectivity index (χ1v) is 13.0. The third-order valence-electron chi connectivity index (χ3n) is 5.57. The highest BCUT2D eigenvalue weighted by Crippen LogP contribution is 2.32. The van der Waals surface area contributed by atoms with Gasteiger partial charge in [0.15, 0.2) is 0 Å². The SMILES string of the molecule is COC(=O)c1c(CC(C)C)csc1NC(=O)C1CCN(S(=O)(=O)c2ccccc2C#N)CC1. The largest absolute Gasteiger partial charge is 0.465 e. The number of carbonyl (C=O) groups is 2. The number of sulfonamides is 1. The van der Waals surface area contributed by atoms with Crippen molar-refractivity contribution in [1.82, 2.24) is 4.31 Å². The van der Waals surface area contributed by atoms with Crippen LogP contribution in [0.1, 0.15) is 48.2 Å². The predicted octanol–water partition coefficient (Wildman–Crippen LogP) is 3.64. The highest BCUT2D eigenvalue weighted by atomic mass is 32.2. The van der Waals surface area contributed by atoms with Gasteiger partial charge < -0.3 is 10.1 Å². The van der Waals surface area contributed by atoms with Crippen LogP contribution in [0.25, 0.3) is 0 Å². The molecule has 1 aromatic carbocycles. The number of ether oxygens (including phenoxy) is 1. The van der Waals surface area contributed by atoms with Crippen molar-refractivity contribution in [2.45, 2.75) is 38.0 Å². The fraction of sp³-hybridized carbons (Fsp3) is 0.435. The van der Waals surface area contributed by atoms with E-state index in [4.69, 9.17) is 4.74 Å². The molecular weight excluding hydrogens is 462 g/mol. The molecule has 176 valence electrons. The van der Waals surface area contributed by atoms with E-state index in [0.29, 0.717) is 35.7 Å². The summed E-state index contributed by atoms with van der Waals surface area (Å²) in [6, 6.07) is 8.02. The molecular formula is C23H27N3O5S2. The van der Waals surface area contributed by atoms with Gasteiger partial charge >= 0.3 is 5.97 Å². The second-order valence-corrected chi connectivity index (χ2v) is 11.1. The number of thiophene rings is 1. The highest BCUT2D eigenvalue weighted by Gasteiger charge is 2.34. The zero-order valence-electron chi connectivity index (χ0n) is 18.8. The van der Waals surface area contributed by atoms with Gasteiger partial charge in [0.05, 0.1) is 23.1 Å². The minimum absolute atomic E-state index is 0.0191. The Morgan fingerprint density at radius 2 is 1.94 bits per heavy atom. The summed E-state index contributed by atoms with van der Waals surface area (Å²) >= 11 is 1.29. The topological polar surface area (TPSA) is 117 Å². The van der Waals surface area contributed by atoms with Gasteiger partial charge in [0.2, 0.25) is 15.9 Å². The van der Waals surface area contributed by atoms with Crippen molar-refractivity contribution in [1.29, 1.82) is 5.26 Å². The van der Waals surface area contributed by atoms with E-state index < -0.39 is 16.0 Å². The molecule has 0 aliphatic carbocycles. The summed E-state index contributed by atoms with van der Waals surface area (Å²) < 4.78 is 32.2.